The Morgan fingerprint density at radius 1 is 1.22 bits per heavy atom. The van der Waals surface area contributed by atoms with Crippen LogP contribution < -0.4 is 15.0 Å². The average molecular weight is 525 g/mol. The molecule has 6 rings (SSSR count). The molecule has 3 aromatic rings. The van der Waals surface area contributed by atoms with Crippen molar-refractivity contribution >= 4 is 28.2 Å². The molecule has 0 aromatic carbocycles. The maximum Gasteiger partial charge on any atom is 0.280 e. The number of amides is 1. The van der Waals surface area contributed by atoms with E-state index in [1.165, 1.54) is 36.9 Å². The van der Waals surface area contributed by atoms with E-state index in [2.05, 4.69) is 42.2 Å². The molecule has 9 nitrogen and oxygen atoms in total. The number of hydrogen-bond donors (Lipinski definition) is 1. The van der Waals surface area contributed by atoms with Gasteiger partial charge in [0.15, 0.2) is 5.01 Å². The molecule has 1 spiro atoms. The Kier molecular flexibility index (Phi) is 5.97. The number of carbonyl (C=O) groups is 1. The molecule has 1 saturated carbocycles. The summed E-state index contributed by atoms with van der Waals surface area (Å²) in [4.78, 5) is 23.7. The minimum absolute atomic E-state index is 0.146. The molecule has 0 bridgehead atoms. The van der Waals surface area contributed by atoms with Crippen LogP contribution >= 0.6 is 11.3 Å². The second-order valence-electron chi connectivity index (χ2n) is 9.46. The Bertz CT molecular complexity index is 1420. The highest BCUT2D eigenvalue weighted by atomic mass is 32.1. The van der Waals surface area contributed by atoms with Crippen LogP contribution in [0.25, 0.3) is 11.1 Å². The molecule has 2 saturated heterocycles. The van der Waals surface area contributed by atoms with Crippen LogP contribution in [0.5, 0.6) is 5.75 Å². The molecule has 1 N–H and O–H groups in total. The van der Waals surface area contributed by atoms with Gasteiger partial charge in [-0.2, -0.15) is 0 Å². The van der Waals surface area contributed by atoms with E-state index in [1.54, 1.807) is 6.07 Å². The number of alkyl halides is 2. The maximum atomic E-state index is 13.5. The Labute approximate surface area is 215 Å². The predicted octanol–water partition coefficient (Wildman–Crippen LogP) is 3.79. The van der Waals surface area contributed by atoms with Gasteiger partial charge in [0.1, 0.15) is 17.3 Å². The first kappa shape index (κ1) is 23.7. The molecule has 0 radical (unpaired) electrons. The lowest BCUT2D eigenvalue weighted by Crippen LogP contribution is -2.66. The normalized spacial score (nSPS) is 17.6. The number of nitrogens with zero attached hydrogens (tertiary/aromatic N) is 5. The molecular weight excluding hydrogens is 502 g/mol. The number of rotatable bonds is 6. The van der Waals surface area contributed by atoms with Crippen LogP contribution in [0.2, 0.25) is 0 Å². The van der Waals surface area contributed by atoms with Gasteiger partial charge in [-0.3, -0.25) is 15.1 Å². The van der Waals surface area contributed by atoms with Crippen LogP contribution in [-0.2, 0) is 4.74 Å². The van der Waals surface area contributed by atoms with Crippen molar-refractivity contribution in [3.8, 4) is 28.7 Å². The van der Waals surface area contributed by atoms with Crippen molar-refractivity contribution in [2.45, 2.75) is 19.3 Å². The summed E-state index contributed by atoms with van der Waals surface area (Å²) in [6.07, 6.45) is 2.09. The number of pyridine rings is 2. The monoisotopic (exact) mass is 524 g/mol. The zero-order chi connectivity index (χ0) is 25.6. The fourth-order valence-corrected chi connectivity index (χ4v) is 4.95. The van der Waals surface area contributed by atoms with E-state index >= 15 is 0 Å². The van der Waals surface area contributed by atoms with Crippen molar-refractivity contribution in [3.63, 3.8) is 0 Å². The molecule has 0 unspecified atom stereocenters. The van der Waals surface area contributed by atoms with Crippen LogP contribution in [0.15, 0.2) is 24.5 Å². The van der Waals surface area contributed by atoms with Crippen molar-refractivity contribution in [3.05, 3.63) is 40.8 Å². The zero-order valence-electron chi connectivity index (χ0n) is 19.8. The average Bonchev–Trinajstić information content (AvgIpc) is 3.58. The van der Waals surface area contributed by atoms with Crippen LogP contribution in [0.3, 0.4) is 0 Å². The predicted molar refractivity (Wildman–Crippen MR) is 132 cm³/mol. The lowest BCUT2D eigenvalue weighted by Gasteiger charge is -2.55. The fourth-order valence-electron chi connectivity index (χ4n) is 4.35. The molecule has 2 aliphatic heterocycles. The van der Waals surface area contributed by atoms with E-state index in [1.807, 2.05) is 0 Å². The van der Waals surface area contributed by atoms with E-state index < -0.39 is 18.0 Å². The van der Waals surface area contributed by atoms with Crippen molar-refractivity contribution in [2.75, 3.05) is 43.6 Å². The SMILES string of the molecule is COc1cnc(C(F)F)cc1-c1cc(N2CC3(COC3)C2)ncc1C(=O)Nc1nnc(C#CC2CC2)s1. The van der Waals surface area contributed by atoms with Gasteiger partial charge in [0.05, 0.1) is 37.5 Å². The number of halogens is 2. The Hall–Kier alpha value is -3.69. The fraction of sp³-hybridized carbons (Fsp3) is 0.400. The van der Waals surface area contributed by atoms with Gasteiger partial charge in [-0.25, -0.2) is 13.8 Å². The van der Waals surface area contributed by atoms with Gasteiger partial charge < -0.3 is 14.4 Å². The summed E-state index contributed by atoms with van der Waals surface area (Å²) >= 11 is 1.17. The van der Waals surface area contributed by atoms with Crippen LogP contribution in [0.1, 0.15) is 40.3 Å². The molecule has 37 heavy (non-hydrogen) atoms. The molecule has 12 heteroatoms. The first-order valence-electron chi connectivity index (χ1n) is 11.7. The number of methoxy groups -OCH3 is 1. The summed E-state index contributed by atoms with van der Waals surface area (Å²) in [5.74, 6) is 6.90. The first-order valence-corrected chi connectivity index (χ1v) is 12.6. The minimum atomic E-state index is -2.78. The van der Waals surface area contributed by atoms with Crippen molar-refractivity contribution in [1.29, 1.82) is 0 Å². The number of anilines is 2. The van der Waals surface area contributed by atoms with Crippen LogP contribution in [-0.4, -0.2) is 59.5 Å². The van der Waals surface area contributed by atoms with Gasteiger partial charge in [-0.05, 0) is 30.9 Å². The third-order valence-electron chi connectivity index (χ3n) is 6.56. The topological polar surface area (TPSA) is 102 Å². The van der Waals surface area contributed by atoms with E-state index in [0.29, 0.717) is 41.1 Å². The van der Waals surface area contributed by atoms with E-state index in [0.717, 1.165) is 25.9 Å². The van der Waals surface area contributed by atoms with E-state index in [4.69, 9.17) is 9.47 Å². The molecule has 0 atom stereocenters. The largest absolute Gasteiger partial charge is 0.494 e. The highest BCUT2D eigenvalue weighted by Crippen LogP contribution is 2.42. The molecular formula is C25H22F2N6O3S. The van der Waals surface area contributed by atoms with Gasteiger partial charge in [-0.1, -0.05) is 17.3 Å². The maximum absolute atomic E-state index is 13.5. The number of hydrogen-bond acceptors (Lipinski definition) is 9. The minimum Gasteiger partial charge on any atom is -0.494 e. The van der Waals surface area contributed by atoms with Gasteiger partial charge in [0, 0.05) is 36.3 Å². The third-order valence-corrected chi connectivity index (χ3v) is 7.31. The summed E-state index contributed by atoms with van der Waals surface area (Å²) < 4.78 is 37.8. The van der Waals surface area contributed by atoms with E-state index in [9.17, 15) is 13.6 Å². The van der Waals surface area contributed by atoms with Crippen molar-refractivity contribution in [2.24, 2.45) is 11.3 Å². The van der Waals surface area contributed by atoms with Gasteiger partial charge in [0.2, 0.25) is 5.13 Å². The van der Waals surface area contributed by atoms with Crippen LogP contribution in [0.4, 0.5) is 19.7 Å². The Morgan fingerprint density at radius 3 is 2.70 bits per heavy atom. The number of carbonyl (C=O) groups excluding carboxylic acids is 1. The Balaban J connectivity index is 1.34. The molecule has 3 aromatic heterocycles. The van der Waals surface area contributed by atoms with E-state index in [-0.39, 0.29) is 21.9 Å². The number of aromatic nitrogens is 4. The summed E-state index contributed by atoms with van der Waals surface area (Å²) in [5.41, 5.74) is 0.617. The molecule has 1 amide bonds. The first-order chi connectivity index (χ1) is 17.9. The third kappa shape index (κ3) is 4.72. The zero-order valence-corrected chi connectivity index (χ0v) is 20.6. The smallest absolute Gasteiger partial charge is 0.280 e. The molecule has 5 heterocycles. The van der Waals surface area contributed by atoms with Crippen molar-refractivity contribution < 1.29 is 23.0 Å². The quantitative estimate of drug-likeness (QED) is 0.486. The second kappa shape index (κ2) is 9.32. The molecule has 190 valence electrons. The standard InChI is InChI=1S/C25H22F2N6O3S/c1-35-19-9-28-18(22(26)27)6-16(19)15-7-20(33-10-25(11-33)12-36-13-25)29-8-17(15)23(34)30-24-32-31-21(37-24)5-4-14-2-3-14/h6-9,14,22H,2-3,10-13H2,1H3,(H,30,32,34). The number of nitrogens with one attached hydrogen (secondary N) is 1. The second-order valence-corrected chi connectivity index (χ2v) is 10.4. The lowest BCUT2D eigenvalue weighted by atomic mass is 9.78. The number of ether oxygens (including phenoxy) is 2. The van der Waals surface area contributed by atoms with Gasteiger partial charge in [-0.15, -0.1) is 10.2 Å². The summed E-state index contributed by atoms with van der Waals surface area (Å²) in [7, 11) is 1.42. The summed E-state index contributed by atoms with van der Waals surface area (Å²) in [5, 5.41) is 11.6. The van der Waals surface area contributed by atoms with Gasteiger partial charge >= 0.3 is 0 Å². The highest BCUT2D eigenvalue weighted by molar-refractivity contribution is 7.15. The lowest BCUT2D eigenvalue weighted by molar-refractivity contribution is -0.127. The van der Waals surface area contributed by atoms with Crippen molar-refractivity contribution in [1.82, 2.24) is 20.2 Å². The summed E-state index contributed by atoms with van der Waals surface area (Å²) in [6.45, 7) is 2.97. The van der Waals surface area contributed by atoms with Crippen LogP contribution in [0, 0.1) is 23.2 Å². The highest BCUT2D eigenvalue weighted by Gasteiger charge is 2.49. The van der Waals surface area contributed by atoms with Gasteiger partial charge in [0.25, 0.3) is 12.3 Å². The molecule has 3 fully saturated rings. The molecule has 3 aliphatic rings. The summed E-state index contributed by atoms with van der Waals surface area (Å²) in [6, 6.07) is 2.97. The Morgan fingerprint density at radius 2 is 2.03 bits per heavy atom. The molecule has 1 aliphatic carbocycles.